The molecule has 2 aromatic carbocycles. The van der Waals surface area contributed by atoms with Crippen LogP contribution >= 0.6 is 0 Å². The molecule has 3 aliphatic rings. The van der Waals surface area contributed by atoms with Crippen molar-refractivity contribution in [2.45, 2.75) is 62.8 Å². The lowest BCUT2D eigenvalue weighted by atomic mass is 9.77. The zero-order valence-electron chi connectivity index (χ0n) is 20.1. The zero-order valence-corrected chi connectivity index (χ0v) is 21.1. The Morgan fingerprint density at radius 3 is 2.21 bits per heavy atom. The molecule has 0 amide bonds. The molecule has 34 heavy (non-hydrogen) atoms. The highest BCUT2D eigenvalue weighted by Gasteiger charge is 2.57. The summed E-state index contributed by atoms with van der Waals surface area (Å²) in [6.07, 6.45) is 7.50. The third kappa shape index (κ3) is 3.69. The maximum absolute atomic E-state index is 12.4. The van der Waals surface area contributed by atoms with Gasteiger partial charge in [0.1, 0.15) is 0 Å². The first-order valence-electron chi connectivity index (χ1n) is 12.1. The lowest BCUT2D eigenvalue weighted by molar-refractivity contribution is -0.180. The van der Waals surface area contributed by atoms with E-state index in [1.807, 2.05) is 18.2 Å². The topological polar surface area (TPSA) is 59.0 Å². The molecular formula is C28H33NO4Si. The summed E-state index contributed by atoms with van der Waals surface area (Å²) < 4.78 is 13.3. The minimum atomic E-state index is -2.77. The van der Waals surface area contributed by atoms with Gasteiger partial charge in [0.2, 0.25) is 0 Å². The molecular weight excluding hydrogens is 442 g/mol. The quantitative estimate of drug-likeness (QED) is 0.524. The maximum atomic E-state index is 12.4. The number of benzene rings is 2. The van der Waals surface area contributed by atoms with Crippen LogP contribution < -0.4 is 10.4 Å². The van der Waals surface area contributed by atoms with Crippen molar-refractivity contribution >= 4 is 24.7 Å². The molecule has 2 aliphatic heterocycles. The molecule has 2 aromatic rings. The SMILES string of the molecule is CC(C)(C)[Si](O[C@H]1C=CC2=CC(=O)O[C@@]2([C@@H]2CCCN2O)C1)(c1ccccc1)c1ccccc1. The molecule has 1 aliphatic carbocycles. The Labute approximate surface area is 202 Å². The summed E-state index contributed by atoms with van der Waals surface area (Å²) in [5.74, 6) is -0.342. The lowest BCUT2D eigenvalue weighted by Crippen LogP contribution is -2.68. The molecule has 5 rings (SSSR count). The van der Waals surface area contributed by atoms with E-state index < -0.39 is 13.9 Å². The van der Waals surface area contributed by atoms with Crippen LogP contribution in [0.4, 0.5) is 0 Å². The van der Waals surface area contributed by atoms with Crippen molar-refractivity contribution < 1.29 is 19.2 Å². The highest BCUT2D eigenvalue weighted by atomic mass is 28.4. The molecule has 0 bridgehead atoms. The maximum Gasteiger partial charge on any atom is 0.332 e. The second-order valence-electron chi connectivity index (χ2n) is 10.6. The van der Waals surface area contributed by atoms with Gasteiger partial charge in [-0.05, 0) is 28.3 Å². The highest BCUT2D eigenvalue weighted by molar-refractivity contribution is 6.99. The van der Waals surface area contributed by atoms with Gasteiger partial charge >= 0.3 is 5.97 Å². The number of fused-ring (bicyclic) bond motifs is 1. The summed E-state index contributed by atoms with van der Waals surface area (Å²) in [6, 6.07) is 20.9. The first-order chi connectivity index (χ1) is 16.3. The highest BCUT2D eigenvalue weighted by Crippen LogP contribution is 2.47. The minimum Gasteiger partial charge on any atom is -0.449 e. The van der Waals surface area contributed by atoms with Crippen LogP contribution in [0.2, 0.25) is 5.04 Å². The van der Waals surface area contributed by atoms with Gasteiger partial charge in [0, 0.05) is 24.6 Å². The summed E-state index contributed by atoms with van der Waals surface area (Å²) in [6.45, 7) is 7.36. The van der Waals surface area contributed by atoms with Crippen LogP contribution in [0.25, 0.3) is 0 Å². The summed E-state index contributed by atoms with van der Waals surface area (Å²) in [7, 11) is -2.77. The van der Waals surface area contributed by atoms with Crippen LogP contribution in [0, 0.1) is 0 Å². The van der Waals surface area contributed by atoms with E-state index in [9.17, 15) is 10.0 Å². The van der Waals surface area contributed by atoms with Crippen molar-refractivity contribution in [1.29, 1.82) is 0 Å². The molecule has 0 unspecified atom stereocenters. The number of ether oxygens (including phenoxy) is 1. The minimum absolute atomic E-state index is 0.157. The Morgan fingerprint density at radius 1 is 1.06 bits per heavy atom. The van der Waals surface area contributed by atoms with Crippen molar-refractivity contribution in [3.63, 3.8) is 0 Å². The summed E-state index contributed by atoms with van der Waals surface area (Å²) in [5.41, 5.74) is -0.0431. The molecule has 1 N–H and O–H groups in total. The Hall–Kier alpha value is -2.51. The van der Waals surface area contributed by atoms with Gasteiger partial charge in [-0.1, -0.05) is 93.6 Å². The normalized spacial score (nSPS) is 27.4. The third-order valence-electron chi connectivity index (χ3n) is 7.55. The standard InChI is InChI=1S/C28H33NO4Si/c1-27(2,3)34(23-11-6-4-7-12-23,24-13-8-5-9-14-24)33-22-17-16-21-19-26(30)32-28(21,20-22)25-15-10-18-29(25)31/h4-9,11-14,16-17,19,22,25,31H,10,15,18,20H2,1-3H3/t22-,25-,28-/m0/s1. The molecule has 6 heteroatoms. The van der Waals surface area contributed by atoms with Crippen LogP contribution in [-0.4, -0.2) is 48.8 Å². The van der Waals surface area contributed by atoms with Crippen molar-refractivity contribution in [2.24, 2.45) is 0 Å². The van der Waals surface area contributed by atoms with Crippen molar-refractivity contribution in [3.05, 3.63) is 84.5 Å². The van der Waals surface area contributed by atoms with Crippen LogP contribution in [0.5, 0.6) is 0 Å². The zero-order chi connectivity index (χ0) is 24.0. The molecule has 0 saturated carbocycles. The van der Waals surface area contributed by atoms with Gasteiger partial charge in [-0.15, -0.1) is 0 Å². The smallest absolute Gasteiger partial charge is 0.332 e. The number of carbonyl (C=O) groups excluding carboxylic acids is 1. The van der Waals surface area contributed by atoms with Crippen LogP contribution in [0.1, 0.15) is 40.0 Å². The van der Waals surface area contributed by atoms with Gasteiger partial charge in [-0.3, -0.25) is 0 Å². The van der Waals surface area contributed by atoms with Gasteiger partial charge in [-0.2, -0.15) is 5.06 Å². The first kappa shape index (κ1) is 23.2. The second kappa shape index (κ2) is 8.61. The predicted octanol–water partition coefficient (Wildman–Crippen LogP) is 3.97. The van der Waals surface area contributed by atoms with Crippen LogP contribution in [0.15, 0.2) is 84.5 Å². The molecule has 1 fully saturated rings. The van der Waals surface area contributed by atoms with Crippen molar-refractivity contribution in [3.8, 4) is 0 Å². The van der Waals surface area contributed by atoms with E-state index in [4.69, 9.17) is 9.16 Å². The van der Waals surface area contributed by atoms with Gasteiger partial charge in [0.15, 0.2) is 5.60 Å². The van der Waals surface area contributed by atoms with E-state index in [1.54, 1.807) is 6.08 Å². The Balaban J connectivity index is 1.60. The number of hydrogen-bond acceptors (Lipinski definition) is 5. The van der Waals surface area contributed by atoms with E-state index in [0.717, 1.165) is 18.4 Å². The Kier molecular flexibility index (Phi) is 5.88. The number of hydrogen-bond donors (Lipinski definition) is 1. The van der Waals surface area contributed by atoms with Gasteiger partial charge in [0.25, 0.3) is 8.32 Å². The number of hydroxylamine groups is 2. The van der Waals surface area contributed by atoms with E-state index in [1.165, 1.54) is 15.4 Å². The largest absolute Gasteiger partial charge is 0.449 e. The second-order valence-corrected chi connectivity index (χ2v) is 14.9. The first-order valence-corrected chi connectivity index (χ1v) is 14.0. The molecule has 1 saturated heterocycles. The molecule has 178 valence electrons. The Bertz CT molecular complexity index is 1070. The van der Waals surface area contributed by atoms with E-state index >= 15 is 0 Å². The van der Waals surface area contributed by atoms with E-state index in [0.29, 0.717) is 13.0 Å². The average molecular weight is 476 g/mol. The number of nitrogens with zero attached hydrogens (tertiary/aromatic N) is 1. The van der Waals surface area contributed by atoms with Crippen LogP contribution in [-0.2, 0) is 14.0 Å². The Morgan fingerprint density at radius 2 is 1.68 bits per heavy atom. The fourth-order valence-electron chi connectivity index (χ4n) is 6.06. The number of carbonyl (C=O) groups is 1. The van der Waals surface area contributed by atoms with E-state index in [2.05, 4.69) is 75.4 Å². The fraction of sp³-hybridized carbons (Fsp3) is 0.393. The van der Waals surface area contributed by atoms with Gasteiger partial charge in [0.05, 0.1) is 12.1 Å². The monoisotopic (exact) mass is 475 g/mol. The number of esters is 1. The van der Waals surface area contributed by atoms with Crippen molar-refractivity contribution in [1.82, 2.24) is 5.06 Å². The van der Waals surface area contributed by atoms with Crippen molar-refractivity contribution in [2.75, 3.05) is 6.54 Å². The van der Waals surface area contributed by atoms with Crippen LogP contribution in [0.3, 0.4) is 0 Å². The molecule has 3 atom stereocenters. The molecule has 0 aromatic heterocycles. The third-order valence-corrected chi connectivity index (χ3v) is 12.6. The predicted molar refractivity (Wildman–Crippen MR) is 135 cm³/mol. The van der Waals surface area contributed by atoms with E-state index in [-0.39, 0.29) is 23.2 Å². The summed E-state index contributed by atoms with van der Waals surface area (Å²) >= 11 is 0. The average Bonchev–Trinajstić information content (AvgIpc) is 3.40. The molecule has 0 spiro atoms. The summed E-state index contributed by atoms with van der Waals surface area (Å²) in [4.78, 5) is 12.4. The molecule has 2 heterocycles. The molecule has 0 radical (unpaired) electrons. The van der Waals surface area contributed by atoms with Gasteiger partial charge in [-0.25, -0.2) is 4.79 Å². The van der Waals surface area contributed by atoms with Gasteiger partial charge < -0.3 is 14.4 Å². The molecule has 5 nitrogen and oxygen atoms in total. The summed E-state index contributed by atoms with van der Waals surface area (Å²) in [5, 5.41) is 14.3. The number of rotatable bonds is 5. The fourth-order valence-corrected chi connectivity index (χ4v) is 10.7. The lowest BCUT2D eigenvalue weighted by Gasteiger charge is -2.48.